The van der Waals surface area contributed by atoms with E-state index in [1.807, 2.05) is 0 Å². The minimum Gasteiger partial charge on any atom is -0.437 e. The first-order valence-electron chi connectivity index (χ1n) is 8.72. The highest BCUT2D eigenvalue weighted by atomic mass is 35.5. The number of benzene rings is 2. The Labute approximate surface area is 162 Å². The monoisotopic (exact) mass is 388 g/mol. The van der Waals surface area contributed by atoms with Gasteiger partial charge >= 0.3 is 12.1 Å². The summed E-state index contributed by atoms with van der Waals surface area (Å²) in [5.41, 5.74) is 2.03. The lowest BCUT2D eigenvalue weighted by atomic mass is 9.82. The van der Waals surface area contributed by atoms with Gasteiger partial charge in [-0.05, 0) is 50.3 Å². The first-order valence-corrected chi connectivity index (χ1v) is 9.10. The molecule has 0 saturated heterocycles. The highest BCUT2D eigenvalue weighted by molar-refractivity contribution is 6.31. The van der Waals surface area contributed by atoms with Crippen molar-refractivity contribution in [3.8, 4) is 11.5 Å². The Hall–Kier alpha value is -2.53. The largest absolute Gasteiger partial charge is 0.513 e. The zero-order chi connectivity index (χ0) is 19.7. The summed E-state index contributed by atoms with van der Waals surface area (Å²) < 4.78 is 15.9. The molecule has 0 aliphatic heterocycles. The highest BCUT2D eigenvalue weighted by Gasteiger charge is 2.29. The lowest BCUT2D eigenvalue weighted by Crippen LogP contribution is -2.19. The third-order valence-corrected chi connectivity index (χ3v) is 4.95. The SMILES string of the molecule is C=C(C)C(=O)Oc1c2c(c(OC(=O)OC)c3cc(Cl)ccc13)CCC(C)C2. The number of carbonyl (C=O) groups excluding carboxylic acids is 2. The fourth-order valence-electron chi connectivity index (χ4n) is 3.36. The van der Waals surface area contributed by atoms with Crippen molar-refractivity contribution in [3.05, 3.63) is 46.5 Å². The molecular weight excluding hydrogens is 368 g/mol. The van der Waals surface area contributed by atoms with Crippen LogP contribution in [0.4, 0.5) is 4.79 Å². The molecule has 5 nitrogen and oxygen atoms in total. The molecule has 2 aromatic carbocycles. The van der Waals surface area contributed by atoms with E-state index in [1.165, 1.54) is 7.11 Å². The Bertz CT molecular complexity index is 947. The summed E-state index contributed by atoms with van der Waals surface area (Å²) in [4.78, 5) is 24.1. The molecule has 0 bridgehead atoms. The average Bonchev–Trinajstić information content (AvgIpc) is 2.63. The number of esters is 1. The molecule has 2 aromatic rings. The van der Waals surface area contributed by atoms with E-state index in [1.54, 1.807) is 25.1 Å². The lowest BCUT2D eigenvalue weighted by Gasteiger charge is -2.27. The van der Waals surface area contributed by atoms with E-state index in [9.17, 15) is 9.59 Å². The molecule has 6 heteroatoms. The Balaban J connectivity index is 2.31. The predicted octanol–water partition coefficient (Wildman–Crippen LogP) is 5.24. The smallest absolute Gasteiger partial charge is 0.437 e. The van der Waals surface area contributed by atoms with Crippen molar-refractivity contribution in [1.82, 2.24) is 0 Å². The van der Waals surface area contributed by atoms with Crippen molar-refractivity contribution in [2.45, 2.75) is 33.1 Å². The maximum absolute atomic E-state index is 12.2. The Morgan fingerprint density at radius 3 is 2.52 bits per heavy atom. The van der Waals surface area contributed by atoms with E-state index in [2.05, 4.69) is 18.2 Å². The molecule has 1 unspecified atom stereocenters. The minimum absolute atomic E-state index is 0.310. The molecule has 1 atom stereocenters. The standard InChI is InChI=1S/C21H21ClO5/c1-11(2)20(23)26-18-15-8-6-13(22)10-17(15)19(27-21(24)25-4)14-7-5-12(3)9-16(14)18/h6,8,10,12H,1,5,7,9H2,2-4H3. The van der Waals surface area contributed by atoms with Crippen molar-refractivity contribution < 1.29 is 23.8 Å². The number of halogens is 1. The highest BCUT2D eigenvalue weighted by Crippen LogP contribution is 2.46. The van der Waals surface area contributed by atoms with E-state index in [-0.39, 0.29) is 0 Å². The number of hydrogen-bond acceptors (Lipinski definition) is 5. The summed E-state index contributed by atoms with van der Waals surface area (Å²) in [6.45, 7) is 7.40. The molecule has 1 aliphatic rings. The Kier molecular flexibility index (Phi) is 5.42. The fourth-order valence-corrected chi connectivity index (χ4v) is 3.53. The normalized spacial score (nSPS) is 15.8. The molecule has 27 heavy (non-hydrogen) atoms. The lowest BCUT2D eigenvalue weighted by molar-refractivity contribution is -0.130. The maximum atomic E-state index is 12.2. The Morgan fingerprint density at radius 1 is 1.15 bits per heavy atom. The predicted molar refractivity (Wildman–Crippen MR) is 104 cm³/mol. The van der Waals surface area contributed by atoms with Gasteiger partial charge in [-0.25, -0.2) is 9.59 Å². The van der Waals surface area contributed by atoms with Crippen LogP contribution in [-0.4, -0.2) is 19.2 Å². The molecule has 142 valence electrons. The van der Waals surface area contributed by atoms with Crippen molar-refractivity contribution in [3.63, 3.8) is 0 Å². The molecular formula is C21H21ClO5. The second-order valence-electron chi connectivity index (χ2n) is 6.88. The van der Waals surface area contributed by atoms with Gasteiger partial charge in [0.2, 0.25) is 0 Å². The van der Waals surface area contributed by atoms with Crippen LogP contribution in [0.25, 0.3) is 10.8 Å². The first-order chi connectivity index (χ1) is 12.8. The number of methoxy groups -OCH3 is 1. The van der Waals surface area contributed by atoms with Crippen LogP contribution in [0.1, 0.15) is 31.4 Å². The van der Waals surface area contributed by atoms with Gasteiger partial charge in [0, 0.05) is 32.5 Å². The zero-order valence-electron chi connectivity index (χ0n) is 15.6. The molecule has 0 spiro atoms. The van der Waals surface area contributed by atoms with E-state index in [0.29, 0.717) is 51.6 Å². The van der Waals surface area contributed by atoms with Crippen LogP contribution in [0.15, 0.2) is 30.4 Å². The zero-order valence-corrected chi connectivity index (χ0v) is 16.3. The third kappa shape index (κ3) is 3.78. The van der Waals surface area contributed by atoms with Gasteiger partial charge in [-0.1, -0.05) is 25.1 Å². The summed E-state index contributed by atoms with van der Waals surface area (Å²) in [5.74, 6) is 0.814. The third-order valence-electron chi connectivity index (χ3n) is 4.72. The molecule has 0 N–H and O–H groups in total. The van der Waals surface area contributed by atoms with Gasteiger partial charge < -0.3 is 14.2 Å². The number of rotatable bonds is 3. The van der Waals surface area contributed by atoms with E-state index < -0.39 is 12.1 Å². The van der Waals surface area contributed by atoms with Gasteiger partial charge in [0.15, 0.2) is 0 Å². The molecule has 3 rings (SSSR count). The van der Waals surface area contributed by atoms with Gasteiger partial charge in [-0.2, -0.15) is 0 Å². The first kappa shape index (κ1) is 19.2. The van der Waals surface area contributed by atoms with E-state index in [0.717, 1.165) is 17.5 Å². The molecule has 0 fully saturated rings. The fraction of sp³-hybridized carbons (Fsp3) is 0.333. The number of hydrogen-bond donors (Lipinski definition) is 0. The van der Waals surface area contributed by atoms with Gasteiger partial charge in [-0.15, -0.1) is 0 Å². The summed E-state index contributed by atoms with van der Waals surface area (Å²) in [6, 6.07) is 5.18. The summed E-state index contributed by atoms with van der Waals surface area (Å²) >= 11 is 6.18. The molecule has 0 amide bonds. The number of carbonyl (C=O) groups is 2. The van der Waals surface area contributed by atoms with Crippen LogP contribution in [-0.2, 0) is 22.4 Å². The summed E-state index contributed by atoms with van der Waals surface area (Å²) in [6.07, 6.45) is 1.54. The summed E-state index contributed by atoms with van der Waals surface area (Å²) in [7, 11) is 1.26. The van der Waals surface area contributed by atoms with Crippen molar-refractivity contribution in [2.24, 2.45) is 5.92 Å². The summed E-state index contributed by atoms with van der Waals surface area (Å²) in [5, 5.41) is 1.74. The molecule has 0 aromatic heterocycles. The van der Waals surface area contributed by atoms with Crippen LogP contribution < -0.4 is 9.47 Å². The van der Waals surface area contributed by atoms with Crippen LogP contribution in [0.2, 0.25) is 5.02 Å². The van der Waals surface area contributed by atoms with Gasteiger partial charge in [0.05, 0.1) is 7.11 Å². The topological polar surface area (TPSA) is 61.8 Å². The van der Waals surface area contributed by atoms with Crippen LogP contribution in [0.3, 0.4) is 0 Å². The Morgan fingerprint density at radius 2 is 1.85 bits per heavy atom. The van der Waals surface area contributed by atoms with Gasteiger partial charge in [-0.3, -0.25) is 0 Å². The van der Waals surface area contributed by atoms with Crippen molar-refractivity contribution in [2.75, 3.05) is 7.11 Å². The van der Waals surface area contributed by atoms with E-state index >= 15 is 0 Å². The van der Waals surface area contributed by atoms with Gasteiger partial charge in [0.1, 0.15) is 11.5 Å². The quantitative estimate of drug-likeness (QED) is 0.311. The number of fused-ring (bicyclic) bond motifs is 2. The van der Waals surface area contributed by atoms with Crippen molar-refractivity contribution in [1.29, 1.82) is 0 Å². The second kappa shape index (κ2) is 7.61. The molecule has 0 heterocycles. The van der Waals surface area contributed by atoms with Crippen LogP contribution in [0.5, 0.6) is 11.5 Å². The van der Waals surface area contributed by atoms with Crippen LogP contribution in [0, 0.1) is 5.92 Å². The maximum Gasteiger partial charge on any atom is 0.513 e. The van der Waals surface area contributed by atoms with Gasteiger partial charge in [0.25, 0.3) is 0 Å². The number of ether oxygens (including phenoxy) is 3. The molecule has 0 saturated carbocycles. The van der Waals surface area contributed by atoms with E-state index in [4.69, 9.17) is 21.1 Å². The van der Waals surface area contributed by atoms with Crippen LogP contribution >= 0.6 is 11.6 Å². The minimum atomic E-state index is -0.802. The second-order valence-corrected chi connectivity index (χ2v) is 7.32. The average molecular weight is 389 g/mol. The molecule has 1 aliphatic carbocycles. The van der Waals surface area contributed by atoms with Crippen molar-refractivity contribution >= 4 is 34.5 Å². The molecule has 0 radical (unpaired) electrons.